The maximum atomic E-state index is 9.00. The van der Waals surface area contributed by atoms with Gasteiger partial charge in [0, 0.05) is 26.9 Å². The third-order valence-electron chi connectivity index (χ3n) is 0.394. The molecule has 0 unspecified atom stereocenters. The highest BCUT2D eigenvalue weighted by Gasteiger charge is 1.66. The summed E-state index contributed by atoms with van der Waals surface area (Å²) < 4.78 is 0. The quantitative estimate of drug-likeness (QED) is 0.464. The smallest absolute Gasteiger partial charge is 0.300 e. The molecular formula is C7H18N2O4. The summed E-state index contributed by atoms with van der Waals surface area (Å²) in [5, 5.41) is 17.7. The Morgan fingerprint density at radius 3 is 1.46 bits per heavy atom. The van der Waals surface area contributed by atoms with Crippen LogP contribution in [0.2, 0.25) is 0 Å². The predicted octanol–water partition coefficient (Wildman–Crippen LogP) is -0.654. The van der Waals surface area contributed by atoms with E-state index in [1.165, 1.54) is 0 Å². The first kappa shape index (κ1) is 17.8. The van der Waals surface area contributed by atoms with Crippen LogP contribution in [0.1, 0.15) is 13.8 Å². The van der Waals surface area contributed by atoms with Crippen LogP contribution in [0.3, 0.4) is 0 Å². The van der Waals surface area contributed by atoms with Gasteiger partial charge in [-0.15, -0.1) is 0 Å². The largest absolute Gasteiger partial charge is 0.481 e. The monoisotopic (exact) mass is 194 g/mol. The average molecular weight is 194 g/mol. The second-order valence-corrected chi connectivity index (χ2v) is 1.93. The number of carboxylic acid groups (broad SMARTS) is 2. The van der Waals surface area contributed by atoms with E-state index >= 15 is 0 Å². The summed E-state index contributed by atoms with van der Waals surface area (Å²) in [6.45, 7) is 3.82. The van der Waals surface area contributed by atoms with Crippen molar-refractivity contribution in [3.05, 3.63) is 0 Å². The van der Waals surface area contributed by atoms with Gasteiger partial charge in [-0.2, -0.15) is 0 Å². The Morgan fingerprint density at radius 1 is 1.23 bits per heavy atom. The second kappa shape index (κ2) is 17.1. The molecule has 0 saturated carbocycles. The Hall–Kier alpha value is -1.14. The average Bonchev–Trinajstić information content (AvgIpc) is 1.86. The minimum Gasteiger partial charge on any atom is -0.481 e. The van der Waals surface area contributed by atoms with Gasteiger partial charge in [0.15, 0.2) is 0 Å². The molecule has 0 radical (unpaired) electrons. The maximum absolute atomic E-state index is 9.00. The summed E-state index contributed by atoms with van der Waals surface area (Å²) in [6, 6.07) is 0. The van der Waals surface area contributed by atoms with Crippen LogP contribution in [0.25, 0.3) is 0 Å². The number of hydrogen-bond donors (Lipinski definition) is 4. The molecule has 0 aliphatic rings. The third kappa shape index (κ3) is 1150. The number of likely N-dealkylation sites (N-methyl/N-ethyl adjacent to an activating group) is 1. The molecule has 0 aliphatic carbocycles. The standard InChI is InChI=1S/C3H10N2.2C2H4O2/c1-5-3-2-4;2*1-2(3)4/h5H,2-4H2,1H3;2*1H3,(H,3,4). The van der Waals surface area contributed by atoms with Crippen LogP contribution in [0, 0.1) is 0 Å². The topological polar surface area (TPSA) is 113 Å². The van der Waals surface area contributed by atoms with Gasteiger partial charge in [0.1, 0.15) is 0 Å². The van der Waals surface area contributed by atoms with Crippen LogP contribution < -0.4 is 11.1 Å². The SMILES string of the molecule is CC(=O)O.CC(=O)O.CNCCN. The van der Waals surface area contributed by atoms with Crippen molar-refractivity contribution in [1.29, 1.82) is 0 Å². The summed E-state index contributed by atoms with van der Waals surface area (Å²) >= 11 is 0. The van der Waals surface area contributed by atoms with Gasteiger partial charge in [0.05, 0.1) is 0 Å². The van der Waals surface area contributed by atoms with Gasteiger partial charge >= 0.3 is 0 Å². The fraction of sp³-hybridized carbons (Fsp3) is 0.714. The van der Waals surface area contributed by atoms with Crippen LogP contribution >= 0.6 is 0 Å². The molecule has 0 aromatic rings. The number of carboxylic acids is 2. The molecular weight excluding hydrogens is 176 g/mol. The van der Waals surface area contributed by atoms with Crippen LogP contribution in [-0.2, 0) is 9.59 Å². The van der Waals surface area contributed by atoms with Crippen molar-refractivity contribution in [2.75, 3.05) is 20.1 Å². The molecule has 0 aromatic heterocycles. The zero-order valence-corrected chi connectivity index (χ0v) is 8.20. The van der Waals surface area contributed by atoms with Crippen molar-refractivity contribution in [2.24, 2.45) is 5.73 Å². The summed E-state index contributed by atoms with van der Waals surface area (Å²) in [6.07, 6.45) is 0. The fourth-order valence-corrected chi connectivity index (χ4v) is 0.144. The Labute approximate surface area is 77.7 Å². The number of carbonyl (C=O) groups is 2. The first-order chi connectivity index (χ1) is 5.88. The minimum absolute atomic E-state index is 0.733. The zero-order valence-electron chi connectivity index (χ0n) is 8.20. The molecule has 0 saturated heterocycles. The van der Waals surface area contributed by atoms with Gasteiger partial charge in [-0.3, -0.25) is 9.59 Å². The first-order valence-corrected chi connectivity index (χ1v) is 3.62. The van der Waals surface area contributed by atoms with Gasteiger partial charge in [-0.1, -0.05) is 0 Å². The lowest BCUT2D eigenvalue weighted by atomic mass is 10.7. The Morgan fingerprint density at radius 2 is 1.46 bits per heavy atom. The van der Waals surface area contributed by atoms with E-state index in [9.17, 15) is 0 Å². The second-order valence-electron chi connectivity index (χ2n) is 1.93. The number of aliphatic carboxylic acids is 2. The molecule has 0 aliphatic heterocycles. The van der Waals surface area contributed by atoms with Crippen molar-refractivity contribution in [2.45, 2.75) is 13.8 Å². The summed E-state index contributed by atoms with van der Waals surface area (Å²) in [7, 11) is 1.88. The highest BCUT2D eigenvalue weighted by molar-refractivity contribution is 5.63. The van der Waals surface area contributed by atoms with Gasteiger partial charge in [0.25, 0.3) is 11.9 Å². The molecule has 0 atom stereocenters. The highest BCUT2D eigenvalue weighted by Crippen LogP contribution is 1.42. The van der Waals surface area contributed by atoms with E-state index in [2.05, 4.69) is 5.32 Å². The summed E-state index contributed by atoms with van der Waals surface area (Å²) in [4.78, 5) is 18.0. The van der Waals surface area contributed by atoms with Gasteiger partial charge < -0.3 is 21.3 Å². The molecule has 0 heterocycles. The molecule has 6 heteroatoms. The van der Waals surface area contributed by atoms with Crippen molar-refractivity contribution < 1.29 is 19.8 Å². The number of nitrogens with two attached hydrogens (primary N) is 1. The van der Waals surface area contributed by atoms with Gasteiger partial charge in [0.2, 0.25) is 0 Å². The van der Waals surface area contributed by atoms with E-state index in [0.29, 0.717) is 0 Å². The van der Waals surface area contributed by atoms with E-state index in [-0.39, 0.29) is 0 Å². The molecule has 0 fully saturated rings. The number of rotatable bonds is 2. The first-order valence-electron chi connectivity index (χ1n) is 3.62. The maximum Gasteiger partial charge on any atom is 0.300 e. The molecule has 0 amide bonds. The van der Waals surface area contributed by atoms with Crippen LogP contribution in [-0.4, -0.2) is 42.3 Å². The molecule has 0 aromatic carbocycles. The van der Waals surface area contributed by atoms with E-state index < -0.39 is 11.9 Å². The molecule has 13 heavy (non-hydrogen) atoms. The van der Waals surface area contributed by atoms with Crippen LogP contribution in [0.15, 0.2) is 0 Å². The van der Waals surface area contributed by atoms with Crippen molar-refractivity contribution in [1.82, 2.24) is 5.32 Å². The van der Waals surface area contributed by atoms with Crippen molar-refractivity contribution in [3.63, 3.8) is 0 Å². The lowest BCUT2D eigenvalue weighted by Gasteiger charge is -1.85. The fourth-order valence-electron chi connectivity index (χ4n) is 0.144. The third-order valence-corrected chi connectivity index (χ3v) is 0.394. The van der Waals surface area contributed by atoms with E-state index in [0.717, 1.165) is 26.9 Å². The Kier molecular flexibility index (Phi) is 23.4. The Bertz CT molecular complexity index is 106. The van der Waals surface area contributed by atoms with E-state index in [1.54, 1.807) is 0 Å². The molecule has 6 nitrogen and oxygen atoms in total. The molecule has 0 bridgehead atoms. The Balaban J connectivity index is -0.000000117. The van der Waals surface area contributed by atoms with Gasteiger partial charge in [-0.25, -0.2) is 0 Å². The van der Waals surface area contributed by atoms with Gasteiger partial charge in [-0.05, 0) is 7.05 Å². The molecule has 5 N–H and O–H groups in total. The van der Waals surface area contributed by atoms with Crippen LogP contribution in [0.4, 0.5) is 0 Å². The van der Waals surface area contributed by atoms with Crippen LogP contribution in [0.5, 0.6) is 0 Å². The zero-order chi connectivity index (χ0) is 11.3. The van der Waals surface area contributed by atoms with E-state index in [1.807, 2.05) is 7.05 Å². The van der Waals surface area contributed by atoms with Crippen molar-refractivity contribution >= 4 is 11.9 Å². The summed E-state index contributed by atoms with van der Waals surface area (Å²) in [5.74, 6) is -1.67. The highest BCUT2D eigenvalue weighted by atomic mass is 16.4. The van der Waals surface area contributed by atoms with E-state index in [4.69, 9.17) is 25.5 Å². The normalized spacial score (nSPS) is 7.08. The number of hydrogen-bond acceptors (Lipinski definition) is 4. The minimum atomic E-state index is -0.833. The van der Waals surface area contributed by atoms with Crippen molar-refractivity contribution in [3.8, 4) is 0 Å². The summed E-state index contributed by atoms with van der Waals surface area (Å²) in [5.41, 5.74) is 5.08. The predicted molar refractivity (Wildman–Crippen MR) is 49.6 cm³/mol. The number of nitrogens with one attached hydrogen (secondary N) is 1. The molecule has 0 spiro atoms. The lowest BCUT2D eigenvalue weighted by molar-refractivity contribution is -0.135. The molecule has 80 valence electrons. The molecule has 0 rings (SSSR count). The lowest BCUT2D eigenvalue weighted by Crippen LogP contribution is -2.17.